The Bertz CT molecular complexity index is 770. The molecule has 0 spiro atoms. The van der Waals surface area contributed by atoms with E-state index in [0.717, 1.165) is 12.0 Å². The molecule has 25 heavy (non-hydrogen) atoms. The van der Waals surface area contributed by atoms with Crippen LogP contribution in [0.5, 0.6) is 0 Å². The largest absolute Gasteiger partial charge is 0.333 e. The number of likely N-dealkylation sites (N-methyl/N-ethyl adjacent to an activating group) is 1. The summed E-state index contributed by atoms with van der Waals surface area (Å²) in [6.45, 7) is 2.04. The number of rotatable bonds is 6. The lowest BCUT2D eigenvalue weighted by atomic mass is 10.1. The van der Waals surface area contributed by atoms with Gasteiger partial charge in [-0.15, -0.1) is 0 Å². The maximum absolute atomic E-state index is 12.1. The fourth-order valence-electron chi connectivity index (χ4n) is 2.20. The van der Waals surface area contributed by atoms with E-state index in [2.05, 4.69) is 12.2 Å². The number of carbonyl (C=O) groups excluding carboxylic acids is 2. The minimum absolute atomic E-state index is 0.0524. The van der Waals surface area contributed by atoms with Gasteiger partial charge in [-0.2, -0.15) is 0 Å². The average molecular weight is 357 g/mol. The molecule has 130 valence electrons. The van der Waals surface area contributed by atoms with Crippen molar-refractivity contribution in [3.63, 3.8) is 0 Å². The van der Waals surface area contributed by atoms with Gasteiger partial charge in [-0.3, -0.25) is 9.59 Å². The Labute approximate surface area is 153 Å². The topological polar surface area (TPSA) is 49.4 Å². The molecule has 2 rings (SSSR count). The molecule has 0 saturated carbocycles. The molecule has 0 radical (unpaired) electrons. The fraction of sp³-hybridized carbons (Fsp3) is 0.200. The van der Waals surface area contributed by atoms with E-state index in [1.54, 1.807) is 37.4 Å². The number of benzene rings is 2. The monoisotopic (exact) mass is 356 g/mol. The van der Waals surface area contributed by atoms with Crippen LogP contribution in [-0.2, 0) is 16.0 Å². The van der Waals surface area contributed by atoms with E-state index < -0.39 is 0 Å². The van der Waals surface area contributed by atoms with Crippen molar-refractivity contribution in [3.8, 4) is 0 Å². The van der Waals surface area contributed by atoms with Crippen molar-refractivity contribution >= 4 is 35.2 Å². The third-order valence-corrected chi connectivity index (χ3v) is 4.04. The summed E-state index contributed by atoms with van der Waals surface area (Å²) in [6.07, 6.45) is 4.18. The van der Waals surface area contributed by atoms with Crippen molar-refractivity contribution in [2.45, 2.75) is 13.3 Å². The van der Waals surface area contributed by atoms with Gasteiger partial charge in [-0.25, -0.2) is 0 Å². The van der Waals surface area contributed by atoms with Crippen LogP contribution in [0.25, 0.3) is 6.08 Å². The van der Waals surface area contributed by atoms with Crippen molar-refractivity contribution < 1.29 is 9.59 Å². The van der Waals surface area contributed by atoms with E-state index in [9.17, 15) is 9.59 Å². The van der Waals surface area contributed by atoms with Crippen LogP contribution in [0.2, 0.25) is 5.02 Å². The standard InChI is InChI=1S/C20H21ClN2O2/c1-3-15-8-10-16(11-9-15)12-13-20(25)23(2)14-19(24)22-18-7-5-4-6-17(18)21/h4-13H,3,14H2,1-2H3,(H,22,24)/b13-12+. The normalized spacial score (nSPS) is 10.7. The van der Waals surface area contributed by atoms with E-state index in [4.69, 9.17) is 11.6 Å². The summed E-state index contributed by atoms with van der Waals surface area (Å²) in [5.41, 5.74) is 2.72. The van der Waals surface area contributed by atoms with Crippen molar-refractivity contribution in [2.24, 2.45) is 0 Å². The summed E-state index contributed by atoms with van der Waals surface area (Å²) in [5, 5.41) is 3.15. The number of carbonyl (C=O) groups is 2. The second kappa shape index (κ2) is 9.04. The van der Waals surface area contributed by atoms with Gasteiger partial charge in [-0.1, -0.05) is 54.9 Å². The molecule has 2 amide bonds. The van der Waals surface area contributed by atoms with Crippen LogP contribution in [0.4, 0.5) is 5.69 Å². The summed E-state index contributed by atoms with van der Waals surface area (Å²) in [4.78, 5) is 25.5. The summed E-state index contributed by atoms with van der Waals surface area (Å²) < 4.78 is 0. The molecule has 0 saturated heterocycles. The second-order valence-electron chi connectivity index (χ2n) is 5.65. The van der Waals surface area contributed by atoms with Crippen molar-refractivity contribution in [1.82, 2.24) is 4.90 Å². The zero-order valence-electron chi connectivity index (χ0n) is 14.3. The van der Waals surface area contributed by atoms with Crippen LogP contribution in [0.15, 0.2) is 54.6 Å². The number of para-hydroxylation sites is 1. The molecule has 0 aromatic heterocycles. The van der Waals surface area contributed by atoms with Gasteiger partial charge in [0.1, 0.15) is 0 Å². The Morgan fingerprint density at radius 2 is 1.80 bits per heavy atom. The maximum atomic E-state index is 12.1. The minimum atomic E-state index is -0.301. The van der Waals surface area contributed by atoms with Crippen molar-refractivity contribution in [3.05, 3.63) is 70.8 Å². The van der Waals surface area contributed by atoms with Crippen LogP contribution in [0.1, 0.15) is 18.1 Å². The number of nitrogens with one attached hydrogen (secondary N) is 1. The van der Waals surface area contributed by atoms with E-state index in [1.807, 2.05) is 24.3 Å². The highest BCUT2D eigenvalue weighted by molar-refractivity contribution is 6.33. The first-order chi connectivity index (χ1) is 12.0. The summed E-state index contributed by atoms with van der Waals surface area (Å²) in [5.74, 6) is -0.543. The van der Waals surface area contributed by atoms with Gasteiger partial charge in [0, 0.05) is 13.1 Å². The van der Waals surface area contributed by atoms with Crippen LogP contribution in [-0.4, -0.2) is 30.3 Å². The first kappa shape index (κ1) is 18.7. The predicted molar refractivity (Wildman–Crippen MR) is 103 cm³/mol. The van der Waals surface area contributed by atoms with Gasteiger partial charge < -0.3 is 10.2 Å². The average Bonchev–Trinajstić information content (AvgIpc) is 2.62. The lowest BCUT2D eigenvalue weighted by Gasteiger charge is -2.15. The molecule has 0 fully saturated rings. The molecule has 4 nitrogen and oxygen atoms in total. The van der Waals surface area contributed by atoms with Gasteiger partial charge in [0.25, 0.3) is 0 Å². The quantitative estimate of drug-likeness (QED) is 0.795. The zero-order valence-corrected chi connectivity index (χ0v) is 15.1. The van der Waals surface area contributed by atoms with E-state index in [-0.39, 0.29) is 18.4 Å². The Hall–Kier alpha value is -2.59. The second-order valence-corrected chi connectivity index (χ2v) is 6.06. The summed E-state index contributed by atoms with van der Waals surface area (Å²) in [7, 11) is 1.58. The smallest absolute Gasteiger partial charge is 0.246 e. The molecule has 1 N–H and O–H groups in total. The fourth-order valence-corrected chi connectivity index (χ4v) is 2.39. The number of nitrogens with zero attached hydrogens (tertiary/aromatic N) is 1. The van der Waals surface area contributed by atoms with Gasteiger partial charge in [0.15, 0.2) is 0 Å². The van der Waals surface area contributed by atoms with E-state index in [1.165, 1.54) is 16.5 Å². The minimum Gasteiger partial charge on any atom is -0.333 e. The van der Waals surface area contributed by atoms with Crippen molar-refractivity contribution in [1.29, 1.82) is 0 Å². The third kappa shape index (κ3) is 5.76. The molecule has 0 unspecified atom stereocenters. The summed E-state index contributed by atoms with van der Waals surface area (Å²) in [6, 6.07) is 15.0. The Kier molecular flexibility index (Phi) is 6.78. The van der Waals surface area contributed by atoms with Gasteiger partial charge in [-0.05, 0) is 35.8 Å². The van der Waals surface area contributed by atoms with Gasteiger partial charge >= 0.3 is 0 Å². The number of hydrogen-bond donors (Lipinski definition) is 1. The number of aryl methyl sites for hydroxylation is 1. The predicted octanol–water partition coefficient (Wildman–Crippen LogP) is 4.01. The van der Waals surface area contributed by atoms with Gasteiger partial charge in [0.05, 0.1) is 17.3 Å². The van der Waals surface area contributed by atoms with Gasteiger partial charge in [0.2, 0.25) is 11.8 Å². The molecule has 0 aliphatic rings. The Morgan fingerprint density at radius 3 is 2.44 bits per heavy atom. The first-order valence-corrected chi connectivity index (χ1v) is 8.44. The van der Waals surface area contributed by atoms with Crippen LogP contribution in [0, 0.1) is 0 Å². The number of anilines is 1. The highest BCUT2D eigenvalue weighted by atomic mass is 35.5. The Balaban J connectivity index is 1.89. The number of halogens is 1. The molecule has 2 aromatic rings. The molecular formula is C20H21ClN2O2. The molecule has 5 heteroatoms. The lowest BCUT2D eigenvalue weighted by molar-refractivity contribution is -0.129. The third-order valence-electron chi connectivity index (χ3n) is 3.71. The SMILES string of the molecule is CCc1ccc(/C=C/C(=O)N(C)CC(=O)Nc2ccccc2Cl)cc1. The molecule has 0 aliphatic carbocycles. The molecular weight excluding hydrogens is 336 g/mol. The first-order valence-electron chi connectivity index (χ1n) is 8.06. The molecule has 0 heterocycles. The Morgan fingerprint density at radius 1 is 1.12 bits per heavy atom. The van der Waals surface area contributed by atoms with E-state index >= 15 is 0 Å². The number of amides is 2. The highest BCUT2D eigenvalue weighted by Gasteiger charge is 2.11. The highest BCUT2D eigenvalue weighted by Crippen LogP contribution is 2.20. The van der Waals surface area contributed by atoms with Crippen LogP contribution >= 0.6 is 11.6 Å². The molecule has 0 atom stereocenters. The molecule has 0 bridgehead atoms. The van der Waals surface area contributed by atoms with Crippen LogP contribution in [0.3, 0.4) is 0 Å². The molecule has 2 aromatic carbocycles. The zero-order chi connectivity index (χ0) is 18.2. The van der Waals surface area contributed by atoms with E-state index in [0.29, 0.717) is 10.7 Å². The lowest BCUT2D eigenvalue weighted by Crippen LogP contribution is -2.33. The van der Waals surface area contributed by atoms with Crippen LogP contribution < -0.4 is 5.32 Å². The summed E-state index contributed by atoms with van der Waals surface area (Å²) >= 11 is 6.00. The van der Waals surface area contributed by atoms with Crippen molar-refractivity contribution in [2.75, 3.05) is 18.9 Å². The maximum Gasteiger partial charge on any atom is 0.246 e. The number of hydrogen-bond acceptors (Lipinski definition) is 2. The molecule has 0 aliphatic heterocycles.